The zero-order chi connectivity index (χ0) is 32.7. The third-order valence-electron chi connectivity index (χ3n) is 8.82. The second-order valence-electron chi connectivity index (χ2n) is 12.0. The highest BCUT2D eigenvalue weighted by Gasteiger charge is 2.31. The first-order chi connectivity index (χ1) is 22.8. The molecule has 0 bridgehead atoms. The number of pyridine rings is 2. The molecule has 2 aliphatic rings. The van der Waals surface area contributed by atoms with Gasteiger partial charge in [-0.05, 0) is 85.2 Å². The van der Waals surface area contributed by atoms with E-state index in [-0.39, 0.29) is 41.1 Å². The lowest BCUT2D eigenvalue weighted by Gasteiger charge is -2.22. The summed E-state index contributed by atoms with van der Waals surface area (Å²) in [5.41, 5.74) is 8.87. The summed E-state index contributed by atoms with van der Waals surface area (Å²) in [6, 6.07) is 13.2. The number of ether oxygens (including phenoxy) is 1. The van der Waals surface area contributed by atoms with Crippen molar-refractivity contribution in [3.05, 3.63) is 123 Å². The molecule has 0 radical (unpaired) electrons. The van der Waals surface area contributed by atoms with Crippen LogP contribution >= 0.6 is 0 Å². The zero-order valence-electron chi connectivity index (χ0n) is 25.3. The van der Waals surface area contributed by atoms with E-state index >= 15 is 4.39 Å². The molecule has 1 saturated carbocycles. The van der Waals surface area contributed by atoms with Crippen molar-refractivity contribution in [1.82, 2.24) is 19.3 Å². The van der Waals surface area contributed by atoms with Crippen LogP contribution in [0.5, 0.6) is 0 Å². The van der Waals surface area contributed by atoms with Crippen molar-refractivity contribution in [2.24, 2.45) is 0 Å². The van der Waals surface area contributed by atoms with Gasteiger partial charge in [0.15, 0.2) is 5.78 Å². The maximum atomic E-state index is 15.7. The fraction of sp³-hybridized carbons (Fsp3) is 0.250. The van der Waals surface area contributed by atoms with Crippen LogP contribution in [0.1, 0.15) is 59.1 Å². The Bertz CT molecular complexity index is 2110. The van der Waals surface area contributed by atoms with Crippen molar-refractivity contribution >= 4 is 17.4 Å². The summed E-state index contributed by atoms with van der Waals surface area (Å²) in [6.45, 7) is 9.16. The van der Waals surface area contributed by atoms with Gasteiger partial charge in [0.2, 0.25) is 5.82 Å². The molecule has 0 spiro atoms. The number of aromatic nitrogens is 4. The minimum Gasteiger partial charge on any atom is -0.383 e. The Morgan fingerprint density at radius 3 is 2.45 bits per heavy atom. The topological polar surface area (TPSA) is 109 Å². The Morgan fingerprint density at radius 1 is 0.979 bits per heavy atom. The molecule has 5 aromatic rings. The van der Waals surface area contributed by atoms with E-state index in [1.807, 2.05) is 10.9 Å². The van der Waals surface area contributed by atoms with Crippen molar-refractivity contribution in [2.45, 2.75) is 44.1 Å². The summed E-state index contributed by atoms with van der Waals surface area (Å²) >= 11 is 0. The first-order valence-electron chi connectivity index (χ1n) is 15.4. The van der Waals surface area contributed by atoms with Crippen LogP contribution in [0.4, 0.5) is 20.4 Å². The van der Waals surface area contributed by atoms with Crippen LogP contribution in [0.25, 0.3) is 32.8 Å². The van der Waals surface area contributed by atoms with Crippen molar-refractivity contribution < 1.29 is 18.3 Å². The highest BCUT2D eigenvalue weighted by Crippen LogP contribution is 2.45. The number of carbonyl (C=O) groups excluding carboxylic acids is 1. The summed E-state index contributed by atoms with van der Waals surface area (Å²) < 4.78 is 37.9. The molecule has 1 aliphatic carbocycles. The molecule has 0 unspecified atom stereocenters. The molecule has 1 aliphatic heterocycles. The van der Waals surface area contributed by atoms with Crippen molar-refractivity contribution in [1.29, 1.82) is 0 Å². The number of Topliss-reactive ketones (excluding diaryl/α,β-unsaturated/α-hetero) is 1. The second kappa shape index (κ2) is 12.4. The molecule has 47 heavy (non-hydrogen) atoms. The number of halogens is 2. The molecule has 2 aromatic carbocycles. The number of hydrogen-bond acceptors (Lipinski definition) is 6. The number of benzene rings is 2. The van der Waals surface area contributed by atoms with Crippen LogP contribution in [-0.4, -0.2) is 38.3 Å². The van der Waals surface area contributed by atoms with Crippen LogP contribution in [0.3, 0.4) is 0 Å². The van der Waals surface area contributed by atoms with Crippen molar-refractivity contribution in [2.75, 3.05) is 18.9 Å². The lowest BCUT2D eigenvalue weighted by Crippen LogP contribution is -2.27. The average molecular weight is 633 g/mol. The van der Waals surface area contributed by atoms with E-state index in [1.54, 1.807) is 30.6 Å². The van der Waals surface area contributed by atoms with E-state index < -0.39 is 23.0 Å². The Labute approximate surface area is 269 Å². The molecule has 9 nitrogen and oxygen atoms in total. The Hall–Kier alpha value is -5.47. The van der Waals surface area contributed by atoms with E-state index in [1.165, 1.54) is 41.0 Å². The monoisotopic (exact) mass is 632 g/mol. The fourth-order valence-corrected chi connectivity index (χ4v) is 6.12. The molecule has 2 fully saturated rings. The molecule has 0 atom stereocenters. The van der Waals surface area contributed by atoms with Crippen molar-refractivity contribution in [3.8, 4) is 27.9 Å². The van der Waals surface area contributed by atoms with Gasteiger partial charge < -0.3 is 15.3 Å². The number of anilines is 1. The normalized spacial score (nSPS) is 15.0. The van der Waals surface area contributed by atoms with Gasteiger partial charge in [-0.25, -0.2) is 23.1 Å². The number of nitrogen functional groups attached to an aromatic ring is 1. The second-order valence-corrected chi connectivity index (χ2v) is 12.0. The fourth-order valence-electron chi connectivity index (χ4n) is 6.12. The summed E-state index contributed by atoms with van der Waals surface area (Å²) in [7, 11) is 0. The quantitative estimate of drug-likeness (QED) is 0.148. The smallest absolute Gasteiger partial charge is 0.334 e. The molecule has 11 heteroatoms. The summed E-state index contributed by atoms with van der Waals surface area (Å²) in [4.78, 5) is 35.2. The minimum absolute atomic E-state index is 0.0562. The number of rotatable bonds is 8. The standard InChI is InChI=1S/C36H30F2N6O3/c1-40-35-29(22-3-4-22)17-31(36(46)44(35)27-7-5-25(37)6-8-27)33(45)15-21-2-9-28(32(38)14-21)30-16-23(18-41-34(30)39)24-19-42-43(20-24)26-10-12-47-13-11-26/h2,5-9,14,16-20,22,26H,3-4,10-13,15H2,(H2,39,41). The highest BCUT2D eigenvalue weighted by atomic mass is 19.1. The first kappa shape index (κ1) is 30.2. The van der Waals surface area contributed by atoms with Gasteiger partial charge in [0.25, 0.3) is 0 Å². The molecule has 1 saturated heterocycles. The van der Waals surface area contributed by atoms with Gasteiger partial charge in [-0.2, -0.15) is 5.10 Å². The van der Waals surface area contributed by atoms with Crippen LogP contribution in [0.15, 0.2) is 78.0 Å². The van der Waals surface area contributed by atoms with Gasteiger partial charge in [0, 0.05) is 54.3 Å². The molecule has 7 rings (SSSR count). The zero-order valence-corrected chi connectivity index (χ0v) is 25.3. The first-order valence-corrected chi connectivity index (χ1v) is 15.4. The Balaban J connectivity index is 1.17. The van der Waals surface area contributed by atoms with E-state index in [0.29, 0.717) is 35.6 Å². The Morgan fingerprint density at radius 2 is 1.74 bits per heavy atom. The largest absolute Gasteiger partial charge is 0.383 e. The lowest BCUT2D eigenvalue weighted by atomic mass is 9.97. The lowest BCUT2D eigenvalue weighted by molar-refractivity contribution is 0.0662. The third kappa shape index (κ3) is 5.95. The molecule has 0 amide bonds. The van der Waals surface area contributed by atoms with Crippen molar-refractivity contribution in [3.63, 3.8) is 0 Å². The molecule has 2 N–H and O–H groups in total. The van der Waals surface area contributed by atoms with E-state index in [2.05, 4.69) is 14.9 Å². The van der Waals surface area contributed by atoms with Crippen LogP contribution in [-0.2, 0) is 11.2 Å². The molecule has 4 heterocycles. The van der Waals surface area contributed by atoms with Gasteiger partial charge in [-0.1, -0.05) is 18.7 Å². The highest BCUT2D eigenvalue weighted by molar-refractivity contribution is 5.98. The van der Waals surface area contributed by atoms with E-state index in [0.717, 1.165) is 36.8 Å². The van der Waals surface area contributed by atoms with E-state index in [4.69, 9.17) is 17.0 Å². The maximum absolute atomic E-state index is 15.7. The molecule has 236 valence electrons. The molecular formula is C36H30F2N6O3. The summed E-state index contributed by atoms with van der Waals surface area (Å²) in [5, 5.41) is 4.53. The summed E-state index contributed by atoms with van der Waals surface area (Å²) in [5.74, 6) is -1.27. The SMILES string of the molecule is [C-]#[N+]c1c(C2CC2)cc(C(=O)Cc2ccc(-c3cc(-c4cnn(C5CCOCC5)c4)cnc3N)c(F)c2)c(=O)n1-c1ccc(F)cc1. The van der Waals surface area contributed by atoms with Crippen LogP contribution < -0.4 is 11.3 Å². The number of ketones is 1. The van der Waals surface area contributed by atoms with Gasteiger partial charge >= 0.3 is 5.56 Å². The van der Waals surface area contributed by atoms with E-state index in [9.17, 15) is 14.0 Å². The van der Waals surface area contributed by atoms with Gasteiger partial charge in [0.05, 0.1) is 12.2 Å². The van der Waals surface area contributed by atoms with Crippen LogP contribution in [0.2, 0.25) is 0 Å². The number of nitrogens with zero attached hydrogens (tertiary/aromatic N) is 5. The third-order valence-corrected chi connectivity index (χ3v) is 8.82. The van der Waals surface area contributed by atoms with Crippen LogP contribution in [0, 0.1) is 18.2 Å². The van der Waals surface area contributed by atoms with Gasteiger partial charge in [-0.3, -0.25) is 9.48 Å². The predicted octanol–water partition coefficient (Wildman–Crippen LogP) is 6.83. The number of hydrogen-bond donors (Lipinski definition) is 1. The Kier molecular flexibility index (Phi) is 7.95. The number of nitrogens with two attached hydrogens (primary N) is 1. The average Bonchev–Trinajstić information content (AvgIpc) is 3.81. The van der Waals surface area contributed by atoms with Gasteiger partial charge in [-0.15, -0.1) is 0 Å². The predicted molar refractivity (Wildman–Crippen MR) is 173 cm³/mol. The molecule has 3 aromatic heterocycles. The number of carbonyl (C=O) groups is 1. The molecular weight excluding hydrogens is 602 g/mol. The van der Waals surface area contributed by atoms with Gasteiger partial charge in [0.1, 0.15) is 28.7 Å². The maximum Gasteiger partial charge on any atom is 0.334 e. The summed E-state index contributed by atoms with van der Waals surface area (Å²) in [6.07, 6.45) is 8.52. The minimum atomic E-state index is -0.676.